The summed E-state index contributed by atoms with van der Waals surface area (Å²) < 4.78 is 0.635. The molecule has 0 aliphatic heterocycles. The van der Waals surface area contributed by atoms with Crippen LogP contribution in [0.15, 0.2) is 12.1 Å². The van der Waals surface area contributed by atoms with E-state index in [-0.39, 0.29) is 18.0 Å². The maximum atomic E-state index is 11.7. The van der Waals surface area contributed by atoms with Crippen LogP contribution in [0.1, 0.15) is 28.9 Å². The highest BCUT2D eigenvalue weighted by atomic mass is 35.5. The van der Waals surface area contributed by atoms with Crippen molar-refractivity contribution >= 4 is 28.8 Å². The van der Waals surface area contributed by atoms with Gasteiger partial charge >= 0.3 is 0 Å². The van der Waals surface area contributed by atoms with Gasteiger partial charge in [0.2, 0.25) is 0 Å². The third-order valence-electron chi connectivity index (χ3n) is 2.68. The minimum Gasteiger partial charge on any atom is -0.347 e. The smallest absolute Gasteiger partial charge is 0.261 e. The number of nitrogens with two attached hydrogens (primary N) is 1. The molecule has 82 valence electrons. The van der Waals surface area contributed by atoms with Gasteiger partial charge in [-0.2, -0.15) is 0 Å². The molecule has 0 saturated heterocycles. The molecule has 1 unspecified atom stereocenters. The van der Waals surface area contributed by atoms with E-state index in [1.54, 1.807) is 12.1 Å². The second-order valence-corrected chi connectivity index (χ2v) is 5.49. The molecule has 1 amide bonds. The molecule has 5 heteroatoms. The number of carbonyl (C=O) groups excluding carboxylic acids is 1. The molecule has 1 aromatic rings. The Hall–Kier alpha value is -0.580. The lowest BCUT2D eigenvalue weighted by Crippen LogP contribution is -2.43. The molecule has 1 fully saturated rings. The van der Waals surface area contributed by atoms with Gasteiger partial charge in [-0.3, -0.25) is 4.79 Å². The molecule has 0 spiro atoms. The van der Waals surface area contributed by atoms with Crippen LogP contribution in [0.2, 0.25) is 4.34 Å². The molecule has 1 heterocycles. The molecule has 1 aromatic heterocycles. The molecule has 3 N–H and O–H groups in total. The minimum absolute atomic E-state index is 0.0609. The van der Waals surface area contributed by atoms with Crippen LogP contribution >= 0.6 is 22.9 Å². The molecular weight excluding hydrogens is 232 g/mol. The lowest BCUT2D eigenvalue weighted by molar-refractivity contribution is 0.0938. The fourth-order valence-corrected chi connectivity index (χ4v) is 2.79. The van der Waals surface area contributed by atoms with Crippen LogP contribution in [0.25, 0.3) is 0 Å². The Morgan fingerprint density at radius 3 is 2.87 bits per heavy atom. The number of rotatable bonds is 2. The summed E-state index contributed by atoms with van der Waals surface area (Å²) in [5.74, 6) is -0.0609. The summed E-state index contributed by atoms with van der Waals surface area (Å²) in [5.41, 5.74) is 5.87. The maximum absolute atomic E-state index is 11.7. The summed E-state index contributed by atoms with van der Waals surface area (Å²) >= 11 is 7.06. The summed E-state index contributed by atoms with van der Waals surface area (Å²) in [5, 5.41) is 2.95. The van der Waals surface area contributed by atoms with E-state index in [0.717, 1.165) is 19.3 Å². The third kappa shape index (κ3) is 2.51. The van der Waals surface area contributed by atoms with Gasteiger partial charge in [0.15, 0.2) is 0 Å². The van der Waals surface area contributed by atoms with Gasteiger partial charge in [-0.1, -0.05) is 11.6 Å². The van der Waals surface area contributed by atoms with Crippen LogP contribution in [0.5, 0.6) is 0 Å². The minimum atomic E-state index is -0.0609. The molecule has 0 bridgehead atoms. The summed E-state index contributed by atoms with van der Waals surface area (Å²) in [6, 6.07) is 3.70. The molecule has 0 aromatic carbocycles. The number of carbonyl (C=O) groups is 1. The Morgan fingerprint density at radius 2 is 2.33 bits per heavy atom. The average molecular weight is 245 g/mol. The number of thiophene rings is 1. The van der Waals surface area contributed by atoms with Crippen LogP contribution in [0, 0.1) is 0 Å². The van der Waals surface area contributed by atoms with Crippen LogP contribution in [0.4, 0.5) is 0 Å². The SMILES string of the molecule is N[C@H]1CCCC1NC(=O)c1ccc(Cl)s1. The fraction of sp³-hybridized carbons (Fsp3) is 0.500. The normalized spacial score (nSPS) is 25.5. The van der Waals surface area contributed by atoms with E-state index in [4.69, 9.17) is 17.3 Å². The van der Waals surface area contributed by atoms with Crippen LogP contribution < -0.4 is 11.1 Å². The zero-order valence-electron chi connectivity index (χ0n) is 8.20. The predicted octanol–water partition coefficient (Wildman–Crippen LogP) is 2.01. The van der Waals surface area contributed by atoms with Crippen molar-refractivity contribution in [3.05, 3.63) is 21.3 Å². The maximum Gasteiger partial charge on any atom is 0.261 e. The lowest BCUT2D eigenvalue weighted by Gasteiger charge is -2.16. The fourth-order valence-electron chi connectivity index (χ4n) is 1.84. The summed E-state index contributed by atoms with van der Waals surface area (Å²) in [6.07, 6.45) is 3.07. The predicted molar refractivity (Wildman–Crippen MR) is 62.4 cm³/mol. The van der Waals surface area contributed by atoms with Crippen molar-refractivity contribution in [2.75, 3.05) is 0 Å². The Morgan fingerprint density at radius 1 is 1.53 bits per heavy atom. The Labute approximate surface area is 97.6 Å². The standard InChI is InChI=1S/C10H13ClN2OS/c11-9-5-4-8(15-9)10(14)13-7-3-1-2-6(7)12/h4-7H,1-3,12H2,(H,13,14)/t6-,7?/m0/s1. The third-order valence-corrected chi connectivity index (χ3v) is 3.91. The van der Waals surface area contributed by atoms with Gasteiger partial charge in [0.1, 0.15) is 0 Å². The topological polar surface area (TPSA) is 55.1 Å². The summed E-state index contributed by atoms with van der Waals surface area (Å²) in [6.45, 7) is 0. The summed E-state index contributed by atoms with van der Waals surface area (Å²) in [7, 11) is 0. The number of amides is 1. The second-order valence-electron chi connectivity index (χ2n) is 3.78. The molecule has 2 atom stereocenters. The zero-order chi connectivity index (χ0) is 10.8. The molecular formula is C10H13ClN2OS. The highest BCUT2D eigenvalue weighted by Gasteiger charge is 2.25. The van der Waals surface area contributed by atoms with Gasteiger partial charge < -0.3 is 11.1 Å². The van der Waals surface area contributed by atoms with Crippen LogP contribution in [-0.4, -0.2) is 18.0 Å². The zero-order valence-corrected chi connectivity index (χ0v) is 9.77. The largest absolute Gasteiger partial charge is 0.347 e. The van der Waals surface area contributed by atoms with Gasteiger partial charge in [0.05, 0.1) is 9.21 Å². The average Bonchev–Trinajstić information content (AvgIpc) is 2.77. The first-order chi connectivity index (χ1) is 7.16. The van der Waals surface area contributed by atoms with E-state index in [9.17, 15) is 4.79 Å². The Balaban J connectivity index is 1.97. The van der Waals surface area contributed by atoms with E-state index in [2.05, 4.69) is 5.32 Å². The van der Waals surface area contributed by atoms with E-state index in [0.29, 0.717) is 9.21 Å². The summed E-state index contributed by atoms with van der Waals surface area (Å²) in [4.78, 5) is 12.4. The molecule has 1 saturated carbocycles. The van der Waals surface area contributed by atoms with Crippen LogP contribution in [-0.2, 0) is 0 Å². The van der Waals surface area contributed by atoms with Crippen molar-refractivity contribution in [3.8, 4) is 0 Å². The number of nitrogens with one attached hydrogen (secondary N) is 1. The molecule has 3 nitrogen and oxygen atoms in total. The first-order valence-electron chi connectivity index (χ1n) is 4.98. The Bertz CT molecular complexity index is 366. The van der Waals surface area contributed by atoms with Gasteiger partial charge in [0, 0.05) is 12.1 Å². The number of halogens is 1. The molecule has 1 aliphatic rings. The van der Waals surface area contributed by atoms with Crippen molar-refractivity contribution in [2.45, 2.75) is 31.3 Å². The van der Waals surface area contributed by atoms with Crippen LogP contribution in [0.3, 0.4) is 0 Å². The van der Waals surface area contributed by atoms with Crippen molar-refractivity contribution < 1.29 is 4.79 Å². The first-order valence-corrected chi connectivity index (χ1v) is 6.18. The molecule has 15 heavy (non-hydrogen) atoms. The number of hydrogen-bond acceptors (Lipinski definition) is 3. The lowest BCUT2D eigenvalue weighted by atomic mass is 10.2. The number of hydrogen-bond donors (Lipinski definition) is 2. The van der Waals surface area contributed by atoms with E-state index in [1.165, 1.54) is 11.3 Å². The van der Waals surface area contributed by atoms with E-state index >= 15 is 0 Å². The quantitative estimate of drug-likeness (QED) is 0.836. The molecule has 0 radical (unpaired) electrons. The molecule has 1 aliphatic carbocycles. The van der Waals surface area contributed by atoms with Gasteiger partial charge in [-0.25, -0.2) is 0 Å². The first kappa shape index (κ1) is 10.9. The molecule has 2 rings (SSSR count). The van der Waals surface area contributed by atoms with E-state index < -0.39 is 0 Å². The van der Waals surface area contributed by atoms with Crippen molar-refractivity contribution in [1.29, 1.82) is 0 Å². The highest BCUT2D eigenvalue weighted by molar-refractivity contribution is 7.17. The van der Waals surface area contributed by atoms with Gasteiger partial charge in [0.25, 0.3) is 5.91 Å². The van der Waals surface area contributed by atoms with Crippen molar-refractivity contribution in [1.82, 2.24) is 5.32 Å². The Kier molecular flexibility index (Phi) is 3.29. The van der Waals surface area contributed by atoms with Gasteiger partial charge in [-0.05, 0) is 31.4 Å². The highest BCUT2D eigenvalue weighted by Crippen LogP contribution is 2.22. The van der Waals surface area contributed by atoms with Crippen molar-refractivity contribution in [2.24, 2.45) is 5.73 Å². The second kappa shape index (κ2) is 4.51. The van der Waals surface area contributed by atoms with E-state index in [1.807, 2.05) is 0 Å². The monoisotopic (exact) mass is 244 g/mol. The van der Waals surface area contributed by atoms with Gasteiger partial charge in [-0.15, -0.1) is 11.3 Å². The van der Waals surface area contributed by atoms with Crippen molar-refractivity contribution in [3.63, 3.8) is 0 Å².